The van der Waals surface area contributed by atoms with E-state index in [0.29, 0.717) is 36.2 Å². The van der Waals surface area contributed by atoms with E-state index in [1.165, 1.54) is 0 Å². The number of carbonyl (C=O) groups excluding carboxylic acids is 1. The van der Waals surface area contributed by atoms with Crippen LogP contribution in [-0.4, -0.2) is 74.7 Å². The standard InChI is InChI=1S/C27H36N2O6S/c1-18-13-21(17-35-3)29(15-18)16-20-9-10-23(24(14-20)22-8-6-5-7-19(22)2)26(30)28-25(27(31)32)11-12-36(4,33)34/h5-10,14,18,21,25H,11-13,15-17H2,1-4H3,(H,28,30)(H,31,32). The van der Waals surface area contributed by atoms with Gasteiger partial charge in [-0.1, -0.05) is 37.3 Å². The number of hydrogen-bond acceptors (Lipinski definition) is 6. The van der Waals surface area contributed by atoms with Gasteiger partial charge < -0.3 is 15.2 Å². The molecule has 0 spiro atoms. The second-order valence-corrected chi connectivity index (χ2v) is 12.1. The number of ether oxygens (including phenoxy) is 1. The molecule has 3 atom stereocenters. The molecule has 8 nitrogen and oxygen atoms in total. The first-order valence-electron chi connectivity index (χ1n) is 12.1. The Hall–Kier alpha value is -2.75. The van der Waals surface area contributed by atoms with Gasteiger partial charge in [-0.25, -0.2) is 13.2 Å². The fraction of sp³-hybridized carbons (Fsp3) is 0.481. The van der Waals surface area contributed by atoms with Crippen LogP contribution in [0.2, 0.25) is 0 Å². The maximum atomic E-state index is 13.3. The number of aliphatic carboxylic acids is 1. The predicted octanol–water partition coefficient (Wildman–Crippen LogP) is 3.14. The van der Waals surface area contributed by atoms with Crippen LogP contribution in [0.4, 0.5) is 0 Å². The number of hydrogen-bond donors (Lipinski definition) is 2. The van der Waals surface area contributed by atoms with E-state index in [0.717, 1.165) is 35.9 Å². The highest BCUT2D eigenvalue weighted by atomic mass is 32.2. The molecular weight excluding hydrogens is 480 g/mol. The van der Waals surface area contributed by atoms with E-state index in [9.17, 15) is 23.1 Å². The molecule has 1 saturated heterocycles. The average Bonchev–Trinajstić information content (AvgIpc) is 3.14. The maximum Gasteiger partial charge on any atom is 0.326 e. The topological polar surface area (TPSA) is 113 Å². The summed E-state index contributed by atoms with van der Waals surface area (Å²) < 4.78 is 28.5. The van der Waals surface area contributed by atoms with E-state index in [-0.39, 0.29) is 12.2 Å². The monoisotopic (exact) mass is 516 g/mol. The normalized spacial score (nSPS) is 19.2. The lowest BCUT2D eigenvalue weighted by Gasteiger charge is -2.24. The average molecular weight is 517 g/mol. The zero-order chi connectivity index (χ0) is 26.5. The lowest BCUT2D eigenvalue weighted by molar-refractivity contribution is -0.139. The number of nitrogens with zero attached hydrogens (tertiary/aromatic N) is 1. The first-order valence-corrected chi connectivity index (χ1v) is 14.2. The van der Waals surface area contributed by atoms with Crippen molar-refractivity contribution in [1.29, 1.82) is 0 Å². The van der Waals surface area contributed by atoms with Gasteiger partial charge in [-0.15, -0.1) is 0 Å². The van der Waals surface area contributed by atoms with Crippen LogP contribution in [0.25, 0.3) is 11.1 Å². The summed E-state index contributed by atoms with van der Waals surface area (Å²) in [5.74, 6) is -1.57. The smallest absolute Gasteiger partial charge is 0.326 e. The molecule has 0 bridgehead atoms. The van der Waals surface area contributed by atoms with Gasteiger partial charge in [-0.2, -0.15) is 0 Å². The van der Waals surface area contributed by atoms with E-state index in [1.54, 1.807) is 13.2 Å². The van der Waals surface area contributed by atoms with Crippen molar-refractivity contribution in [3.63, 3.8) is 0 Å². The van der Waals surface area contributed by atoms with Crippen LogP contribution in [0.1, 0.15) is 41.3 Å². The number of carboxylic acid groups (broad SMARTS) is 1. The molecule has 3 rings (SSSR count). The molecule has 36 heavy (non-hydrogen) atoms. The Morgan fingerprint density at radius 1 is 1.19 bits per heavy atom. The van der Waals surface area contributed by atoms with Crippen molar-refractivity contribution in [3.05, 3.63) is 59.2 Å². The first-order chi connectivity index (χ1) is 17.0. The SMILES string of the molecule is COCC1CC(C)CN1Cc1ccc(C(=O)NC(CCS(C)(=O)=O)C(=O)O)c(-c2ccccc2C)c1. The number of carboxylic acids is 1. The number of rotatable bonds is 11. The summed E-state index contributed by atoms with van der Waals surface area (Å²) in [6.07, 6.45) is 1.91. The number of likely N-dealkylation sites (tertiary alicyclic amines) is 1. The largest absolute Gasteiger partial charge is 0.480 e. The van der Waals surface area contributed by atoms with Gasteiger partial charge in [-0.05, 0) is 60.1 Å². The third-order valence-electron chi connectivity index (χ3n) is 6.63. The molecule has 0 aromatic heterocycles. The number of sulfone groups is 1. The molecule has 1 aliphatic rings. The van der Waals surface area contributed by atoms with Crippen molar-refractivity contribution in [2.24, 2.45) is 5.92 Å². The van der Waals surface area contributed by atoms with E-state index < -0.39 is 27.8 Å². The summed E-state index contributed by atoms with van der Waals surface area (Å²) in [6.45, 7) is 6.55. The highest BCUT2D eigenvalue weighted by Gasteiger charge is 2.30. The van der Waals surface area contributed by atoms with Gasteiger partial charge in [-0.3, -0.25) is 9.69 Å². The Morgan fingerprint density at radius 2 is 1.92 bits per heavy atom. The van der Waals surface area contributed by atoms with Crippen molar-refractivity contribution in [2.45, 2.75) is 45.3 Å². The number of benzene rings is 2. The van der Waals surface area contributed by atoms with Crippen molar-refractivity contribution in [2.75, 3.05) is 32.3 Å². The summed E-state index contributed by atoms with van der Waals surface area (Å²) in [5, 5.41) is 12.1. The maximum absolute atomic E-state index is 13.3. The molecule has 0 aliphatic carbocycles. The molecule has 1 aliphatic heterocycles. The van der Waals surface area contributed by atoms with Gasteiger partial charge >= 0.3 is 5.97 Å². The third-order valence-corrected chi connectivity index (χ3v) is 7.60. The minimum atomic E-state index is -3.37. The van der Waals surface area contributed by atoms with E-state index in [4.69, 9.17) is 4.74 Å². The predicted molar refractivity (Wildman–Crippen MR) is 140 cm³/mol. The van der Waals surface area contributed by atoms with Crippen LogP contribution in [0.15, 0.2) is 42.5 Å². The molecule has 196 valence electrons. The summed E-state index contributed by atoms with van der Waals surface area (Å²) in [7, 11) is -1.65. The fourth-order valence-electron chi connectivity index (χ4n) is 4.84. The highest BCUT2D eigenvalue weighted by Crippen LogP contribution is 2.30. The van der Waals surface area contributed by atoms with Crippen LogP contribution in [0.5, 0.6) is 0 Å². The number of aryl methyl sites for hydroxylation is 1. The lowest BCUT2D eigenvalue weighted by Crippen LogP contribution is -2.42. The Labute approximate surface area is 213 Å². The molecule has 1 amide bonds. The second-order valence-electron chi connectivity index (χ2n) is 9.86. The van der Waals surface area contributed by atoms with E-state index in [1.807, 2.05) is 43.3 Å². The molecule has 0 saturated carbocycles. The van der Waals surface area contributed by atoms with Crippen molar-refractivity contribution in [3.8, 4) is 11.1 Å². The summed E-state index contributed by atoms with van der Waals surface area (Å²) in [4.78, 5) is 27.4. The first kappa shape index (κ1) is 27.8. The number of amides is 1. The van der Waals surface area contributed by atoms with Gasteiger partial charge in [0, 0.05) is 38.1 Å². The van der Waals surface area contributed by atoms with E-state index in [2.05, 4.69) is 17.1 Å². The summed E-state index contributed by atoms with van der Waals surface area (Å²) in [6, 6.07) is 12.4. The highest BCUT2D eigenvalue weighted by molar-refractivity contribution is 7.90. The Balaban J connectivity index is 1.93. The van der Waals surface area contributed by atoms with Crippen molar-refractivity contribution in [1.82, 2.24) is 10.2 Å². The third kappa shape index (κ3) is 7.38. The van der Waals surface area contributed by atoms with Gasteiger partial charge in [0.15, 0.2) is 0 Å². The Bertz CT molecular complexity index is 1200. The van der Waals surface area contributed by atoms with Gasteiger partial charge in [0.1, 0.15) is 15.9 Å². The van der Waals surface area contributed by atoms with Crippen LogP contribution >= 0.6 is 0 Å². The number of methoxy groups -OCH3 is 1. The molecule has 3 unspecified atom stereocenters. The fourth-order valence-corrected chi connectivity index (χ4v) is 5.51. The number of carbonyl (C=O) groups is 2. The summed E-state index contributed by atoms with van der Waals surface area (Å²) in [5.41, 5.74) is 3.98. The minimum Gasteiger partial charge on any atom is -0.480 e. The molecular formula is C27H36N2O6S. The quantitative estimate of drug-likeness (QED) is 0.472. The second kappa shape index (κ2) is 12.0. The zero-order valence-corrected chi connectivity index (χ0v) is 22.2. The molecule has 2 aromatic carbocycles. The van der Waals surface area contributed by atoms with Gasteiger partial charge in [0.05, 0.1) is 12.4 Å². The van der Waals surface area contributed by atoms with Gasteiger partial charge in [0.2, 0.25) is 0 Å². The van der Waals surface area contributed by atoms with Crippen LogP contribution in [-0.2, 0) is 25.9 Å². The number of nitrogens with one attached hydrogen (secondary N) is 1. The van der Waals surface area contributed by atoms with Crippen LogP contribution < -0.4 is 5.32 Å². The van der Waals surface area contributed by atoms with Crippen molar-refractivity contribution >= 4 is 21.7 Å². The van der Waals surface area contributed by atoms with Crippen LogP contribution in [0, 0.1) is 12.8 Å². The minimum absolute atomic E-state index is 0.203. The van der Waals surface area contributed by atoms with Crippen LogP contribution in [0.3, 0.4) is 0 Å². The van der Waals surface area contributed by atoms with Crippen molar-refractivity contribution < 1.29 is 27.9 Å². The molecule has 2 N–H and O–H groups in total. The molecule has 9 heteroatoms. The Kier molecular flexibility index (Phi) is 9.27. The summed E-state index contributed by atoms with van der Waals surface area (Å²) >= 11 is 0. The van der Waals surface area contributed by atoms with E-state index >= 15 is 0 Å². The molecule has 0 radical (unpaired) electrons. The molecule has 2 aromatic rings. The van der Waals surface area contributed by atoms with Gasteiger partial charge in [0.25, 0.3) is 5.91 Å². The Morgan fingerprint density at radius 3 is 2.56 bits per heavy atom. The molecule has 1 fully saturated rings. The zero-order valence-electron chi connectivity index (χ0n) is 21.4. The molecule has 1 heterocycles. The lowest BCUT2D eigenvalue weighted by atomic mass is 9.93.